The Labute approximate surface area is 113 Å². The van der Waals surface area contributed by atoms with Gasteiger partial charge in [-0.05, 0) is 37.6 Å². The highest BCUT2D eigenvalue weighted by Gasteiger charge is 2.13. The summed E-state index contributed by atoms with van der Waals surface area (Å²) in [6.07, 6.45) is 5.35. The van der Waals surface area contributed by atoms with Crippen LogP contribution < -0.4 is 5.32 Å². The molecule has 18 heavy (non-hydrogen) atoms. The normalized spacial score (nSPS) is 20.0. The molecule has 0 aromatic heterocycles. The lowest BCUT2D eigenvalue weighted by molar-refractivity contribution is 0.135. The third kappa shape index (κ3) is 8.06. The van der Waals surface area contributed by atoms with Gasteiger partial charge in [0.05, 0.1) is 6.10 Å². The smallest absolute Gasteiger partial charge is 0.0540 e. The Kier molecular flexibility index (Phi) is 7.20. The van der Waals surface area contributed by atoms with Crippen molar-refractivity contribution in [1.82, 2.24) is 10.2 Å². The topological polar surface area (TPSA) is 35.5 Å². The minimum Gasteiger partial charge on any atom is -0.393 e. The van der Waals surface area contributed by atoms with Gasteiger partial charge in [-0.15, -0.1) is 0 Å². The summed E-state index contributed by atoms with van der Waals surface area (Å²) in [4.78, 5) is 2.50. The monoisotopic (exact) mass is 256 g/mol. The van der Waals surface area contributed by atoms with E-state index in [2.05, 4.69) is 31.0 Å². The summed E-state index contributed by atoms with van der Waals surface area (Å²) in [5.74, 6) is 0. The Balaban J connectivity index is 1.97. The van der Waals surface area contributed by atoms with Crippen LogP contribution in [0.5, 0.6) is 0 Å². The van der Waals surface area contributed by atoms with Crippen molar-refractivity contribution >= 4 is 0 Å². The Morgan fingerprint density at radius 2 is 1.72 bits per heavy atom. The summed E-state index contributed by atoms with van der Waals surface area (Å²) in [5, 5.41) is 13.3. The van der Waals surface area contributed by atoms with E-state index in [-0.39, 0.29) is 6.10 Å². The minimum absolute atomic E-state index is 0.0877. The van der Waals surface area contributed by atoms with Crippen LogP contribution in [0.1, 0.15) is 52.9 Å². The van der Waals surface area contributed by atoms with Gasteiger partial charge in [-0.25, -0.2) is 0 Å². The van der Waals surface area contributed by atoms with Gasteiger partial charge in [0.15, 0.2) is 0 Å². The lowest BCUT2D eigenvalue weighted by atomic mass is 9.89. The highest BCUT2D eigenvalue weighted by Crippen LogP contribution is 2.22. The standard InChI is InChI=1S/C15H32N2O/c1-15(2,3)8-4-6-14(18)7-5-11-17-12-9-16-10-13-17/h14,16,18H,4-13H2,1-3H3/t14-/m1/s1. The fourth-order valence-electron chi connectivity index (χ4n) is 2.50. The number of hydrogen-bond acceptors (Lipinski definition) is 3. The van der Waals surface area contributed by atoms with E-state index in [0.717, 1.165) is 45.3 Å². The molecule has 0 spiro atoms. The molecule has 1 fully saturated rings. The Hall–Kier alpha value is -0.120. The molecule has 0 unspecified atom stereocenters. The van der Waals surface area contributed by atoms with Crippen molar-refractivity contribution < 1.29 is 5.11 Å². The van der Waals surface area contributed by atoms with Gasteiger partial charge in [-0.2, -0.15) is 0 Å². The number of hydrogen-bond donors (Lipinski definition) is 2. The van der Waals surface area contributed by atoms with Crippen molar-refractivity contribution in [3.05, 3.63) is 0 Å². The van der Waals surface area contributed by atoms with E-state index in [0.29, 0.717) is 5.41 Å². The van der Waals surface area contributed by atoms with Gasteiger partial charge in [0, 0.05) is 26.2 Å². The zero-order valence-corrected chi connectivity index (χ0v) is 12.5. The van der Waals surface area contributed by atoms with E-state index >= 15 is 0 Å². The number of piperazine rings is 1. The zero-order valence-electron chi connectivity index (χ0n) is 12.5. The third-order valence-corrected chi connectivity index (χ3v) is 3.69. The lowest BCUT2D eigenvalue weighted by Crippen LogP contribution is -2.43. The zero-order chi connectivity index (χ0) is 13.4. The predicted octanol–water partition coefficient (Wildman–Crippen LogP) is 2.25. The van der Waals surface area contributed by atoms with Crippen LogP contribution in [0.2, 0.25) is 0 Å². The van der Waals surface area contributed by atoms with E-state index in [9.17, 15) is 5.11 Å². The molecule has 108 valence electrons. The summed E-state index contributed by atoms with van der Waals surface area (Å²) in [7, 11) is 0. The fraction of sp³-hybridized carbons (Fsp3) is 1.00. The second-order valence-corrected chi connectivity index (χ2v) is 6.84. The van der Waals surface area contributed by atoms with E-state index in [1.807, 2.05) is 0 Å². The van der Waals surface area contributed by atoms with Gasteiger partial charge in [0.2, 0.25) is 0 Å². The maximum Gasteiger partial charge on any atom is 0.0540 e. The van der Waals surface area contributed by atoms with Crippen LogP contribution in [-0.2, 0) is 0 Å². The van der Waals surface area contributed by atoms with Crippen molar-refractivity contribution in [2.24, 2.45) is 5.41 Å². The largest absolute Gasteiger partial charge is 0.393 e. The summed E-state index contributed by atoms with van der Waals surface area (Å²) in [5.41, 5.74) is 0.403. The van der Waals surface area contributed by atoms with Gasteiger partial charge in [-0.1, -0.05) is 27.2 Å². The molecule has 0 aromatic rings. The molecule has 1 saturated heterocycles. The summed E-state index contributed by atoms with van der Waals surface area (Å²) in [6, 6.07) is 0. The first-order chi connectivity index (χ1) is 8.47. The molecular weight excluding hydrogens is 224 g/mol. The molecule has 1 rings (SSSR count). The van der Waals surface area contributed by atoms with E-state index in [4.69, 9.17) is 0 Å². The van der Waals surface area contributed by atoms with Gasteiger partial charge in [0.1, 0.15) is 0 Å². The van der Waals surface area contributed by atoms with Crippen molar-refractivity contribution in [3.8, 4) is 0 Å². The SMILES string of the molecule is CC(C)(C)CCC[C@@H](O)CCCN1CCNCC1. The van der Waals surface area contributed by atoms with Crippen LogP contribution in [0.3, 0.4) is 0 Å². The van der Waals surface area contributed by atoms with Gasteiger partial charge in [-0.3, -0.25) is 0 Å². The highest BCUT2D eigenvalue weighted by molar-refractivity contribution is 4.69. The van der Waals surface area contributed by atoms with Gasteiger partial charge < -0.3 is 15.3 Å². The average Bonchev–Trinajstić information content (AvgIpc) is 2.28. The van der Waals surface area contributed by atoms with Crippen LogP contribution in [0.4, 0.5) is 0 Å². The number of aliphatic hydroxyl groups is 1. The molecule has 0 radical (unpaired) electrons. The minimum atomic E-state index is -0.0877. The molecule has 2 N–H and O–H groups in total. The molecule has 0 saturated carbocycles. The molecule has 3 nitrogen and oxygen atoms in total. The Morgan fingerprint density at radius 3 is 2.33 bits per heavy atom. The maximum absolute atomic E-state index is 9.94. The molecule has 0 amide bonds. The first-order valence-electron chi connectivity index (χ1n) is 7.58. The van der Waals surface area contributed by atoms with Gasteiger partial charge in [0.25, 0.3) is 0 Å². The van der Waals surface area contributed by atoms with Gasteiger partial charge >= 0.3 is 0 Å². The number of nitrogens with one attached hydrogen (secondary N) is 1. The Bertz CT molecular complexity index is 207. The molecule has 1 atom stereocenters. The molecule has 0 aromatic carbocycles. The van der Waals surface area contributed by atoms with Crippen LogP contribution in [0.15, 0.2) is 0 Å². The van der Waals surface area contributed by atoms with Crippen molar-refractivity contribution in [2.45, 2.75) is 59.0 Å². The van der Waals surface area contributed by atoms with Crippen LogP contribution in [0, 0.1) is 5.41 Å². The first kappa shape index (κ1) is 15.9. The van der Waals surface area contributed by atoms with E-state index < -0.39 is 0 Å². The molecular formula is C15H32N2O. The third-order valence-electron chi connectivity index (χ3n) is 3.69. The molecule has 1 aliphatic rings. The summed E-state index contributed by atoms with van der Waals surface area (Å²) in [6.45, 7) is 12.5. The lowest BCUT2D eigenvalue weighted by Gasteiger charge is -2.27. The Morgan fingerprint density at radius 1 is 1.11 bits per heavy atom. The van der Waals surface area contributed by atoms with Crippen LogP contribution >= 0.6 is 0 Å². The molecule has 1 heterocycles. The quantitative estimate of drug-likeness (QED) is 0.733. The van der Waals surface area contributed by atoms with Crippen LogP contribution in [-0.4, -0.2) is 48.8 Å². The fourth-order valence-corrected chi connectivity index (χ4v) is 2.50. The van der Waals surface area contributed by atoms with E-state index in [1.54, 1.807) is 0 Å². The first-order valence-corrected chi connectivity index (χ1v) is 7.58. The molecule has 3 heteroatoms. The molecule has 0 bridgehead atoms. The second kappa shape index (κ2) is 8.13. The van der Waals surface area contributed by atoms with Crippen LogP contribution in [0.25, 0.3) is 0 Å². The molecule has 1 aliphatic heterocycles. The van der Waals surface area contributed by atoms with Crippen molar-refractivity contribution in [2.75, 3.05) is 32.7 Å². The second-order valence-electron chi connectivity index (χ2n) is 6.84. The average molecular weight is 256 g/mol. The molecule has 0 aliphatic carbocycles. The number of rotatable bonds is 7. The maximum atomic E-state index is 9.94. The van der Waals surface area contributed by atoms with Crippen molar-refractivity contribution in [1.29, 1.82) is 0 Å². The van der Waals surface area contributed by atoms with Crippen molar-refractivity contribution in [3.63, 3.8) is 0 Å². The predicted molar refractivity (Wildman–Crippen MR) is 77.9 cm³/mol. The summed E-state index contributed by atoms with van der Waals surface area (Å²) >= 11 is 0. The highest BCUT2D eigenvalue weighted by atomic mass is 16.3. The summed E-state index contributed by atoms with van der Waals surface area (Å²) < 4.78 is 0. The number of aliphatic hydroxyl groups excluding tert-OH is 1. The van der Waals surface area contributed by atoms with E-state index in [1.165, 1.54) is 19.5 Å². The number of nitrogens with zero attached hydrogens (tertiary/aromatic N) is 1.